The Morgan fingerprint density at radius 1 is 0.800 bits per heavy atom. The molecule has 0 saturated carbocycles. The van der Waals surface area contributed by atoms with Gasteiger partial charge in [0.2, 0.25) is 0 Å². The first-order valence-electron chi connectivity index (χ1n) is 6.52. The van der Waals surface area contributed by atoms with Gasteiger partial charge in [-0.1, -0.05) is 70.5 Å². The zero-order chi connectivity index (χ0) is 14.2. The van der Waals surface area contributed by atoms with E-state index in [4.69, 9.17) is 0 Å². The number of ketones is 2. The van der Waals surface area contributed by atoms with E-state index in [1.54, 1.807) is 24.3 Å². The Kier molecular flexibility index (Phi) is 3.30. The van der Waals surface area contributed by atoms with Gasteiger partial charge >= 0.3 is 0 Å². The molecule has 0 fully saturated rings. The molecule has 20 heavy (non-hydrogen) atoms. The van der Waals surface area contributed by atoms with Crippen LogP contribution >= 0.6 is 15.9 Å². The van der Waals surface area contributed by atoms with Gasteiger partial charge in [-0.05, 0) is 12.0 Å². The molecule has 1 aliphatic rings. The van der Waals surface area contributed by atoms with E-state index in [0.717, 1.165) is 5.56 Å². The van der Waals surface area contributed by atoms with E-state index < -0.39 is 5.41 Å². The zero-order valence-electron chi connectivity index (χ0n) is 10.8. The van der Waals surface area contributed by atoms with Crippen molar-refractivity contribution in [2.45, 2.75) is 11.8 Å². The van der Waals surface area contributed by atoms with Crippen LogP contribution in [0.1, 0.15) is 32.7 Å². The Balaban J connectivity index is 2.24. The summed E-state index contributed by atoms with van der Waals surface area (Å²) in [6.45, 7) is 0. The molecule has 0 aliphatic heterocycles. The normalized spacial score (nSPS) is 16.2. The molecule has 0 spiro atoms. The second-order valence-electron chi connectivity index (χ2n) is 4.91. The molecular weight excluding hydrogens is 316 g/mol. The lowest BCUT2D eigenvalue weighted by atomic mass is 9.74. The molecule has 100 valence electrons. The molecule has 0 N–H and O–H groups in total. The summed E-state index contributed by atoms with van der Waals surface area (Å²) in [7, 11) is 0. The summed E-state index contributed by atoms with van der Waals surface area (Å²) in [5.74, 6) is -0.160. The van der Waals surface area contributed by atoms with Crippen LogP contribution in [0.4, 0.5) is 0 Å². The van der Waals surface area contributed by atoms with Crippen molar-refractivity contribution < 1.29 is 9.59 Å². The Morgan fingerprint density at radius 2 is 1.30 bits per heavy atom. The van der Waals surface area contributed by atoms with Crippen molar-refractivity contribution in [2.75, 3.05) is 5.33 Å². The number of rotatable bonds is 3. The minimum absolute atomic E-state index is 0.0799. The topological polar surface area (TPSA) is 34.1 Å². The minimum Gasteiger partial charge on any atom is -0.293 e. The first-order valence-corrected chi connectivity index (χ1v) is 7.64. The first-order chi connectivity index (χ1) is 9.71. The van der Waals surface area contributed by atoms with Gasteiger partial charge in [0, 0.05) is 16.5 Å². The van der Waals surface area contributed by atoms with Gasteiger partial charge in [0.1, 0.15) is 5.41 Å². The molecule has 0 atom stereocenters. The highest BCUT2D eigenvalue weighted by atomic mass is 79.9. The van der Waals surface area contributed by atoms with Crippen LogP contribution in [-0.2, 0) is 5.41 Å². The third-order valence-corrected chi connectivity index (χ3v) is 4.32. The Labute approximate surface area is 125 Å². The van der Waals surface area contributed by atoms with Gasteiger partial charge in [-0.3, -0.25) is 9.59 Å². The Hall–Kier alpha value is -1.74. The van der Waals surface area contributed by atoms with Crippen molar-refractivity contribution in [3.63, 3.8) is 0 Å². The predicted molar refractivity (Wildman–Crippen MR) is 81.6 cm³/mol. The summed E-state index contributed by atoms with van der Waals surface area (Å²) in [5.41, 5.74) is 0.810. The molecule has 2 nitrogen and oxygen atoms in total. The molecule has 0 aromatic heterocycles. The number of fused-ring (bicyclic) bond motifs is 1. The van der Waals surface area contributed by atoms with Crippen molar-refractivity contribution in [3.8, 4) is 0 Å². The maximum atomic E-state index is 12.9. The number of hydrogen-bond acceptors (Lipinski definition) is 2. The molecule has 0 bridgehead atoms. The van der Waals surface area contributed by atoms with Crippen LogP contribution in [0.15, 0.2) is 54.6 Å². The van der Waals surface area contributed by atoms with Crippen LogP contribution in [0.3, 0.4) is 0 Å². The predicted octanol–water partition coefficient (Wildman–Crippen LogP) is 3.79. The number of benzene rings is 2. The van der Waals surface area contributed by atoms with Crippen LogP contribution in [0, 0.1) is 0 Å². The average molecular weight is 329 g/mol. The second kappa shape index (κ2) is 4.98. The van der Waals surface area contributed by atoms with Gasteiger partial charge in [-0.15, -0.1) is 0 Å². The van der Waals surface area contributed by atoms with Crippen LogP contribution in [-0.4, -0.2) is 16.9 Å². The maximum Gasteiger partial charge on any atom is 0.181 e. The summed E-state index contributed by atoms with van der Waals surface area (Å²) >= 11 is 3.39. The average Bonchev–Trinajstić information content (AvgIpc) is 2.72. The van der Waals surface area contributed by atoms with Crippen molar-refractivity contribution in [3.05, 3.63) is 71.3 Å². The molecular formula is C17H13BrO2. The SMILES string of the molecule is O=C1c2ccccc2C(=O)C1(CCBr)c1ccccc1. The number of Topliss-reactive ketones (excluding diaryl/α,β-unsaturated/α-hetero) is 2. The van der Waals surface area contributed by atoms with Gasteiger partial charge in [0.25, 0.3) is 0 Å². The van der Waals surface area contributed by atoms with Gasteiger partial charge in [-0.2, -0.15) is 0 Å². The lowest BCUT2D eigenvalue weighted by Crippen LogP contribution is -2.38. The quantitative estimate of drug-likeness (QED) is 0.634. The third-order valence-electron chi connectivity index (χ3n) is 3.93. The number of halogens is 1. The second-order valence-corrected chi connectivity index (χ2v) is 5.71. The third kappa shape index (κ3) is 1.70. The highest BCUT2D eigenvalue weighted by Crippen LogP contribution is 2.42. The molecule has 3 rings (SSSR count). The molecule has 0 heterocycles. The van der Waals surface area contributed by atoms with Gasteiger partial charge in [0.15, 0.2) is 11.6 Å². The fourth-order valence-corrected chi connectivity index (χ4v) is 3.53. The van der Waals surface area contributed by atoms with E-state index in [0.29, 0.717) is 22.9 Å². The molecule has 0 unspecified atom stereocenters. The van der Waals surface area contributed by atoms with Crippen LogP contribution in [0.25, 0.3) is 0 Å². The summed E-state index contributed by atoms with van der Waals surface area (Å²) in [5, 5.41) is 0.605. The Morgan fingerprint density at radius 3 is 1.80 bits per heavy atom. The maximum absolute atomic E-state index is 12.9. The highest BCUT2D eigenvalue weighted by molar-refractivity contribution is 9.09. The van der Waals surface area contributed by atoms with Crippen molar-refractivity contribution in [1.29, 1.82) is 0 Å². The Bertz CT molecular complexity index is 641. The molecule has 0 radical (unpaired) electrons. The summed E-state index contributed by atoms with van der Waals surface area (Å²) in [6, 6.07) is 16.5. The minimum atomic E-state index is -1.06. The largest absolute Gasteiger partial charge is 0.293 e. The highest BCUT2D eigenvalue weighted by Gasteiger charge is 2.53. The fourth-order valence-electron chi connectivity index (χ4n) is 2.94. The van der Waals surface area contributed by atoms with E-state index in [-0.39, 0.29) is 11.6 Å². The number of alkyl halides is 1. The summed E-state index contributed by atoms with van der Waals surface area (Å²) in [4.78, 5) is 25.8. The van der Waals surface area contributed by atoms with E-state index in [2.05, 4.69) is 15.9 Å². The lowest BCUT2D eigenvalue weighted by molar-refractivity contribution is 0.0790. The molecule has 1 aliphatic carbocycles. The standard InChI is InChI=1S/C17H13BrO2/c18-11-10-17(12-6-2-1-3-7-12)15(19)13-8-4-5-9-14(13)16(17)20/h1-9H,10-11H2. The molecule has 3 heteroatoms. The lowest BCUT2D eigenvalue weighted by Gasteiger charge is -2.25. The summed E-state index contributed by atoms with van der Waals surface area (Å²) < 4.78 is 0. The summed E-state index contributed by atoms with van der Waals surface area (Å²) in [6.07, 6.45) is 0.476. The van der Waals surface area contributed by atoms with Crippen molar-refractivity contribution >= 4 is 27.5 Å². The zero-order valence-corrected chi connectivity index (χ0v) is 12.4. The molecule has 2 aromatic rings. The van der Waals surface area contributed by atoms with Crippen molar-refractivity contribution in [1.82, 2.24) is 0 Å². The number of carbonyl (C=O) groups is 2. The fraction of sp³-hybridized carbons (Fsp3) is 0.176. The van der Waals surface area contributed by atoms with Gasteiger partial charge < -0.3 is 0 Å². The van der Waals surface area contributed by atoms with E-state index in [9.17, 15) is 9.59 Å². The van der Waals surface area contributed by atoms with E-state index >= 15 is 0 Å². The molecule has 0 amide bonds. The van der Waals surface area contributed by atoms with Crippen LogP contribution < -0.4 is 0 Å². The smallest absolute Gasteiger partial charge is 0.181 e. The van der Waals surface area contributed by atoms with Crippen molar-refractivity contribution in [2.24, 2.45) is 0 Å². The van der Waals surface area contributed by atoms with E-state index in [1.165, 1.54) is 0 Å². The number of carbonyl (C=O) groups excluding carboxylic acids is 2. The first kappa shape index (κ1) is 13.3. The van der Waals surface area contributed by atoms with Gasteiger partial charge in [-0.25, -0.2) is 0 Å². The molecule has 0 saturated heterocycles. The molecule has 2 aromatic carbocycles. The monoisotopic (exact) mass is 328 g/mol. The van der Waals surface area contributed by atoms with Crippen LogP contribution in [0.5, 0.6) is 0 Å². The van der Waals surface area contributed by atoms with Crippen LogP contribution in [0.2, 0.25) is 0 Å². The van der Waals surface area contributed by atoms with Gasteiger partial charge in [0.05, 0.1) is 0 Å². The number of hydrogen-bond donors (Lipinski definition) is 0. The van der Waals surface area contributed by atoms with E-state index in [1.807, 2.05) is 30.3 Å².